The van der Waals surface area contributed by atoms with Gasteiger partial charge in [-0.15, -0.1) is 0 Å². The van der Waals surface area contributed by atoms with E-state index in [1.54, 1.807) is 14.0 Å². The van der Waals surface area contributed by atoms with Crippen molar-refractivity contribution in [2.75, 3.05) is 7.11 Å². The molecule has 0 aliphatic heterocycles. The average Bonchev–Trinajstić information content (AvgIpc) is 2.46. The number of hydrogen-bond acceptors (Lipinski definition) is 2. The molecule has 0 saturated carbocycles. The van der Waals surface area contributed by atoms with Crippen LogP contribution in [0.1, 0.15) is 28.4 Å². The van der Waals surface area contributed by atoms with E-state index in [9.17, 15) is 4.79 Å². The van der Waals surface area contributed by atoms with Crippen LogP contribution in [0.4, 0.5) is 0 Å². The van der Waals surface area contributed by atoms with Crippen LogP contribution < -0.4 is 4.74 Å². The molecule has 0 heterocycles. The van der Waals surface area contributed by atoms with E-state index in [4.69, 9.17) is 4.74 Å². The molecule has 0 aromatic heterocycles. The molecule has 0 amide bonds. The molecule has 0 N–H and O–H groups in total. The maximum atomic E-state index is 11.3. The molecule has 19 heavy (non-hydrogen) atoms. The van der Waals surface area contributed by atoms with E-state index in [0.717, 1.165) is 22.4 Å². The van der Waals surface area contributed by atoms with Crippen molar-refractivity contribution in [3.8, 4) is 5.75 Å². The Balaban J connectivity index is 2.17. The first kappa shape index (κ1) is 13.1. The molecule has 0 unspecified atom stereocenters. The van der Waals surface area contributed by atoms with Gasteiger partial charge in [0.25, 0.3) is 0 Å². The molecule has 0 aliphatic carbocycles. The first-order chi connectivity index (χ1) is 9.19. The Labute approximate surface area is 113 Å². The summed E-state index contributed by atoms with van der Waals surface area (Å²) < 4.78 is 5.11. The average molecular weight is 252 g/mol. The van der Waals surface area contributed by atoms with Crippen LogP contribution in [-0.4, -0.2) is 12.9 Å². The van der Waals surface area contributed by atoms with Gasteiger partial charge in [-0.05, 0) is 36.2 Å². The van der Waals surface area contributed by atoms with Crippen molar-refractivity contribution in [1.29, 1.82) is 0 Å². The highest BCUT2D eigenvalue weighted by atomic mass is 16.5. The minimum absolute atomic E-state index is 0.0831. The normalized spacial score (nSPS) is 10.6. The van der Waals surface area contributed by atoms with Gasteiger partial charge < -0.3 is 4.74 Å². The largest absolute Gasteiger partial charge is 0.497 e. The molecule has 0 atom stereocenters. The molecule has 0 fully saturated rings. The molecular formula is C17H16O2. The quantitative estimate of drug-likeness (QED) is 0.605. The van der Waals surface area contributed by atoms with Gasteiger partial charge in [-0.1, -0.05) is 42.5 Å². The van der Waals surface area contributed by atoms with Crippen molar-refractivity contribution in [1.82, 2.24) is 0 Å². The fourth-order valence-electron chi connectivity index (χ4n) is 1.77. The molecule has 2 aromatic rings. The first-order valence-corrected chi connectivity index (χ1v) is 6.12. The SMILES string of the molecule is COc1ccc(/C=C/c2cccc(C(C)=O)c2)cc1. The van der Waals surface area contributed by atoms with Crippen LogP contribution in [0.2, 0.25) is 0 Å². The Bertz CT molecular complexity index is 595. The summed E-state index contributed by atoms with van der Waals surface area (Å²) in [4.78, 5) is 11.3. The number of ketones is 1. The van der Waals surface area contributed by atoms with Gasteiger partial charge in [-0.25, -0.2) is 0 Å². The molecule has 0 radical (unpaired) electrons. The van der Waals surface area contributed by atoms with Crippen molar-refractivity contribution in [3.05, 3.63) is 65.2 Å². The lowest BCUT2D eigenvalue weighted by atomic mass is 10.1. The van der Waals surface area contributed by atoms with Crippen LogP contribution in [0.3, 0.4) is 0 Å². The van der Waals surface area contributed by atoms with E-state index in [2.05, 4.69) is 0 Å². The molecule has 0 bridgehead atoms. The van der Waals surface area contributed by atoms with E-state index in [1.807, 2.05) is 60.7 Å². The third-order valence-electron chi connectivity index (χ3n) is 2.88. The number of Topliss-reactive ketones (excluding diaryl/α,β-unsaturated/α-hetero) is 1. The molecule has 0 spiro atoms. The Morgan fingerprint density at radius 1 is 1.00 bits per heavy atom. The van der Waals surface area contributed by atoms with Crippen LogP contribution in [0.5, 0.6) is 5.75 Å². The molecule has 2 heteroatoms. The van der Waals surface area contributed by atoms with E-state index in [0.29, 0.717) is 0 Å². The molecule has 2 rings (SSSR count). The van der Waals surface area contributed by atoms with E-state index in [1.165, 1.54) is 0 Å². The standard InChI is InChI=1S/C17H16O2/c1-13(18)16-5-3-4-15(12-16)7-6-14-8-10-17(19-2)11-9-14/h3-12H,1-2H3/b7-6+. The summed E-state index contributed by atoms with van der Waals surface area (Å²) in [6, 6.07) is 15.4. The van der Waals surface area contributed by atoms with Crippen LogP contribution >= 0.6 is 0 Å². The minimum Gasteiger partial charge on any atom is -0.497 e. The van der Waals surface area contributed by atoms with Crippen LogP contribution in [0.25, 0.3) is 12.2 Å². The lowest BCUT2D eigenvalue weighted by Gasteiger charge is -2.00. The Kier molecular flexibility index (Phi) is 4.14. The van der Waals surface area contributed by atoms with Gasteiger partial charge in [-0.2, -0.15) is 0 Å². The van der Waals surface area contributed by atoms with Crippen molar-refractivity contribution >= 4 is 17.9 Å². The molecule has 2 aromatic carbocycles. The molecule has 2 nitrogen and oxygen atoms in total. The summed E-state index contributed by atoms with van der Waals surface area (Å²) in [6.45, 7) is 1.58. The molecule has 0 aliphatic rings. The third kappa shape index (κ3) is 3.55. The van der Waals surface area contributed by atoms with Gasteiger partial charge >= 0.3 is 0 Å². The zero-order valence-corrected chi connectivity index (χ0v) is 11.1. The topological polar surface area (TPSA) is 26.3 Å². The molecule has 96 valence electrons. The number of rotatable bonds is 4. The highest BCUT2D eigenvalue weighted by molar-refractivity contribution is 5.94. The monoisotopic (exact) mass is 252 g/mol. The summed E-state index contributed by atoms with van der Waals surface area (Å²) in [5.74, 6) is 0.926. The Morgan fingerprint density at radius 2 is 1.68 bits per heavy atom. The number of hydrogen-bond donors (Lipinski definition) is 0. The Morgan fingerprint density at radius 3 is 2.32 bits per heavy atom. The zero-order chi connectivity index (χ0) is 13.7. The van der Waals surface area contributed by atoms with Crippen molar-refractivity contribution in [2.45, 2.75) is 6.92 Å². The van der Waals surface area contributed by atoms with Crippen LogP contribution in [0.15, 0.2) is 48.5 Å². The highest BCUT2D eigenvalue weighted by Crippen LogP contribution is 2.14. The van der Waals surface area contributed by atoms with E-state index >= 15 is 0 Å². The summed E-state index contributed by atoms with van der Waals surface area (Å²) in [5, 5.41) is 0. The lowest BCUT2D eigenvalue weighted by molar-refractivity contribution is 0.101. The van der Waals surface area contributed by atoms with Gasteiger partial charge in [0.05, 0.1) is 7.11 Å². The molecule has 0 saturated heterocycles. The number of ether oxygens (including phenoxy) is 1. The number of benzene rings is 2. The second kappa shape index (κ2) is 6.01. The van der Waals surface area contributed by atoms with Gasteiger partial charge in [-0.3, -0.25) is 4.79 Å². The predicted octanol–water partition coefficient (Wildman–Crippen LogP) is 4.07. The second-order valence-corrected chi connectivity index (χ2v) is 4.29. The van der Waals surface area contributed by atoms with Crippen molar-refractivity contribution < 1.29 is 9.53 Å². The maximum Gasteiger partial charge on any atom is 0.159 e. The van der Waals surface area contributed by atoms with Gasteiger partial charge in [0.15, 0.2) is 5.78 Å². The van der Waals surface area contributed by atoms with E-state index < -0.39 is 0 Å². The highest BCUT2D eigenvalue weighted by Gasteiger charge is 1.98. The minimum atomic E-state index is 0.0831. The summed E-state index contributed by atoms with van der Waals surface area (Å²) >= 11 is 0. The summed E-state index contributed by atoms with van der Waals surface area (Å²) in [6.07, 6.45) is 4.01. The van der Waals surface area contributed by atoms with Gasteiger partial charge in [0.2, 0.25) is 0 Å². The van der Waals surface area contributed by atoms with Crippen LogP contribution in [0, 0.1) is 0 Å². The first-order valence-electron chi connectivity index (χ1n) is 6.12. The maximum absolute atomic E-state index is 11.3. The Hall–Kier alpha value is -2.35. The molecular weight excluding hydrogens is 236 g/mol. The van der Waals surface area contributed by atoms with Gasteiger partial charge in [0, 0.05) is 5.56 Å². The number of methoxy groups -OCH3 is 1. The predicted molar refractivity (Wildman–Crippen MR) is 78.4 cm³/mol. The fraction of sp³-hybridized carbons (Fsp3) is 0.118. The summed E-state index contributed by atoms with van der Waals surface area (Å²) in [7, 11) is 1.65. The van der Waals surface area contributed by atoms with Crippen molar-refractivity contribution in [2.24, 2.45) is 0 Å². The number of carbonyl (C=O) groups is 1. The lowest BCUT2D eigenvalue weighted by Crippen LogP contribution is -1.91. The smallest absolute Gasteiger partial charge is 0.159 e. The fourth-order valence-corrected chi connectivity index (χ4v) is 1.77. The number of carbonyl (C=O) groups excluding carboxylic acids is 1. The van der Waals surface area contributed by atoms with Gasteiger partial charge in [0.1, 0.15) is 5.75 Å². The second-order valence-electron chi connectivity index (χ2n) is 4.29. The van der Waals surface area contributed by atoms with Crippen LogP contribution in [-0.2, 0) is 0 Å². The van der Waals surface area contributed by atoms with E-state index in [-0.39, 0.29) is 5.78 Å². The van der Waals surface area contributed by atoms with Crippen molar-refractivity contribution in [3.63, 3.8) is 0 Å². The zero-order valence-electron chi connectivity index (χ0n) is 11.1. The summed E-state index contributed by atoms with van der Waals surface area (Å²) in [5.41, 5.74) is 2.84. The third-order valence-corrected chi connectivity index (χ3v) is 2.88.